The number of carbonyl (C=O) groups excluding carboxylic acids is 1. The molecule has 4 heteroatoms. The van der Waals surface area contributed by atoms with Crippen LogP contribution in [0.4, 0.5) is 0 Å². The molecule has 1 saturated carbocycles. The zero-order chi connectivity index (χ0) is 13.0. The van der Waals surface area contributed by atoms with Gasteiger partial charge in [-0.25, -0.2) is 0 Å². The molecular formula is C15H29ClN2O. The first-order chi connectivity index (χ1) is 8.57. The Labute approximate surface area is 123 Å². The van der Waals surface area contributed by atoms with Crippen LogP contribution in [0.5, 0.6) is 0 Å². The van der Waals surface area contributed by atoms with Gasteiger partial charge in [0.1, 0.15) is 0 Å². The molecule has 2 atom stereocenters. The minimum atomic E-state index is 0. The summed E-state index contributed by atoms with van der Waals surface area (Å²) >= 11 is 0. The Morgan fingerprint density at radius 2 is 2.00 bits per heavy atom. The quantitative estimate of drug-likeness (QED) is 0.835. The first-order valence-corrected chi connectivity index (χ1v) is 7.55. The van der Waals surface area contributed by atoms with Crippen LogP contribution < -0.4 is 10.6 Å². The van der Waals surface area contributed by atoms with E-state index in [-0.39, 0.29) is 18.3 Å². The lowest BCUT2D eigenvalue weighted by Gasteiger charge is -2.34. The van der Waals surface area contributed by atoms with E-state index in [4.69, 9.17) is 0 Å². The van der Waals surface area contributed by atoms with Gasteiger partial charge in [0.25, 0.3) is 0 Å². The number of nitrogens with one attached hydrogen (secondary N) is 2. The van der Waals surface area contributed by atoms with E-state index in [0.29, 0.717) is 11.3 Å². The summed E-state index contributed by atoms with van der Waals surface area (Å²) < 4.78 is 0. The molecule has 2 rings (SSSR count). The van der Waals surface area contributed by atoms with E-state index in [2.05, 4.69) is 24.5 Å². The van der Waals surface area contributed by atoms with Crippen molar-refractivity contribution < 1.29 is 4.79 Å². The molecule has 1 aliphatic carbocycles. The van der Waals surface area contributed by atoms with Gasteiger partial charge in [-0.3, -0.25) is 4.79 Å². The lowest BCUT2D eigenvalue weighted by Crippen LogP contribution is -2.43. The summed E-state index contributed by atoms with van der Waals surface area (Å²) in [6.45, 7) is 7.63. The van der Waals surface area contributed by atoms with Crippen LogP contribution in [0.3, 0.4) is 0 Å². The molecule has 2 fully saturated rings. The summed E-state index contributed by atoms with van der Waals surface area (Å²) in [7, 11) is 0. The molecule has 1 amide bonds. The molecule has 1 saturated heterocycles. The van der Waals surface area contributed by atoms with Crippen molar-refractivity contribution in [3.63, 3.8) is 0 Å². The van der Waals surface area contributed by atoms with Crippen LogP contribution in [-0.2, 0) is 4.79 Å². The molecular weight excluding hydrogens is 260 g/mol. The summed E-state index contributed by atoms with van der Waals surface area (Å²) in [5.41, 5.74) is 0.309. The van der Waals surface area contributed by atoms with Gasteiger partial charge in [0.2, 0.25) is 5.91 Å². The molecule has 0 bridgehead atoms. The first-order valence-electron chi connectivity index (χ1n) is 7.55. The Hall–Kier alpha value is -0.280. The molecule has 0 aromatic heterocycles. The van der Waals surface area contributed by atoms with Crippen molar-refractivity contribution in [3.05, 3.63) is 0 Å². The number of hydrogen-bond donors (Lipinski definition) is 2. The van der Waals surface area contributed by atoms with Crippen LogP contribution in [0.25, 0.3) is 0 Å². The first kappa shape index (κ1) is 16.8. The normalized spacial score (nSPS) is 29.6. The molecule has 0 aromatic rings. The molecule has 1 aliphatic heterocycles. The zero-order valence-electron chi connectivity index (χ0n) is 12.3. The zero-order valence-corrected chi connectivity index (χ0v) is 13.2. The summed E-state index contributed by atoms with van der Waals surface area (Å²) in [6.07, 6.45) is 6.89. The molecule has 3 nitrogen and oxygen atoms in total. The third-order valence-electron chi connectivity index (χ3n) is 4.80. The second-order valence-corrected chi connectivity index (χ2v) is 6.83. The standard InChI is InChI=1S/C15H28N2O.ClH/c1-12-3-4-13(9-12)10-14(18)17-11-15(2)5-7-16-8-6-15;/h12-13,16H,3-11H2,1-2H3,(H,17,18);1H. The van der Waals surface area contributed by atoms with Crippen molar-refractivity contribution in [2.75, 3.05) is 19.6 Å². The topological polar surface area (TPSA) is 41.1 Å². The lowest BCUT2D eigenvalue weighted by molar-refractivity contribution is -0.122. The fourth-order valence-electron chi connectivity index (χ4n) is 3.36. The Bertz CT molecular complexity index is 290. The van der Waals surface area contributed by atoms with Crippen LogP contribution in [0.15, 0.2) is 0 Å². The van der Waals surface area contributed by atoms with E-state index in [1.165, 1.54) is 32.1 Å². The third-order valence-corrected chi connectivity index (χ3v) is 4.80. The third kappa shape index (κ3) is 5.31. The highest BCUT2D eigenvalue weighted by Crippen LogP contribution is 2.32. The summed E-state index contributed by atoms with van der Waals surface area (Å²) in [5.74, 6) is 1.74. The fourth-order valence-corrected chi connectivity index (χ4v) is 3.36. The number of halogens is 1. The SMILES string of the molecule is CC1CCC(CC(=O)NCC2(C)CCNCC2)C1.Cl. The van der Waals surface area contributed by atoms with Gasteiger partial charge < -0.3 is 10.6 Å². The maximum absolute atomic E-state index is 12.0. The van der Waals surface area contributed by atoms with Gasteiger partial charge in [0, 0.05) is 13.0 Å². The molecule has 2 aliphatic rings. The van der Waals surface area contributed by atoms with E-state index in [0.717, 1.165) is 32.0 Å². The number of amides is 1. The Morgan fingerprint density at radius 1 is 1.32 bits per heavy atom. The number of carbonyl (C=O) groups is 1. The molecule has 0 spiro atoms. The van der Waals surface area contributed by atoms with Gasteiger partial charge in [-0.1, -0.05) is 20.3 Å². The van der Waals surface area contributed by atoms with E-state index in [9.17, 15) is 4.79 Å². The molecule has 2 unspecified atom stereocenters. The van der Waals surface area contributed by atoms with Crippen molar-refractivity contribution >= 4 is 18.3 Å². The predicted molar refractivity (Wildman–Crippen MR) is 81.6 cm³/mol. The lowest BCUT2D eigenvalue weighted by atomic mass is 9.81. The number of piperidine rings is 1. The highest BCUT2D eigenvalue weighted by molar-refractivity contribution is 5.85. The highest BCUT2D eigenvalue weighted by atomic mass is 35.5. The minimum Gasteiger partial charge on any atom is -0.356 e. The van der Waals surface area contributed by atoms with Gasteiger partial charge in [-0.2, -0.15) is 0 Å². The Balaban J connectivity index is 0.00000180. The van der Waals surface area contributed by atoms with E-state index in [1.54, 1.807) is 0 Å². The van der Waals surface area contributed by atoms with Crippen LogP contribution >= 0.6 is 12.4 Å². The van der Waals surface area contributed by atoms with Crippen LogP contribution in [0, 0.1) is 17.3 Å². The van der Waals surface area contributed by atoms with Crippen molar-refractivity contribution in [3.8, 4) is 0 Å². The van der Waals surface area contributed by atoms with Gasteiger partial charge in [0.05, 0.1) is 0 Å². The monoisotopic (exact) mass is 288 g/mol. The summed E-state index contributed by atoms with van der Waals surface area (Å²) in [6, 6.07) is 0. The van der Waals surface area contributed by atoms with E-state index < -0.39 is 0 Å². The van der Waals surface area contributed by atoms with Crippen LogP contribution in [-0.4, -0.2) is 25.5 Å². The molecule has 1 heterocycles. The number of rotatable bonds is 4. The predicted octanol–water partition coefficient (Wildman–Crippen LogP) is 2.74. The van der Waals surface area contributed by atoms with Crippen molar-refractivity contribution in [1.82, 2.24) is 10.6 Å². The second-order valence-electron chi connectivity index (χ2n) is 6.83. The smallest absolute Gasteiger partial charge is 0.220 e. The maximum Gasteiger partial charge on any atom is 0.220 e. The largest absolute Gasteiger partial charge is 0.356 e. The molecule has 0 radical (unpaired) electrons. The highest BCUT2D eigenvalue weighted by Gasteiger charge is 2.28. The maximum atomic E-state index is 12.0. The summed E-state index contributed by atoms with van der Waals surface area (Å²) in [4.78, 5) is 12.0. The van der Waals surface area contributed by atoms with E-state index in [1.807, 2.05) is 0 Å². The molecule has 0 aromatic carbocycles. The van der Waals surface area contributed by atoms with Gasteiger partial charge >= 0.3 is 0 Å². The van der Waals surface area contributed by atoms with Crippen LogP contribution in [0.1, 0.15) is 52.4 Å². The minimum absolute atomic E-state index is 0. The van der Waals surface area contributed by atoms with Crippen molar-refractivity contribution in [1.29, 1.82) is 0 Å². The Morgan fingerprint density at radius 3 is 2.58 bits per heavy atom. The van der Waals surface area contributed by atoms with Gasteiger partial charge in [-0.05, 0) is 56.0 Å². The molecule has 2 N–H and O–H groups in total. The van der Waals surface area contributed by atoms with Crippen LogP contribution in [0.2, 0.25) is 0 Å². The van der Waals surface area contributed by atoms with Crippen molar-refractivity contribution in [2.45, 2.75) is 52.4 Å². The average molecular weight is 289 g/mol. The molecule has 112 valence electrons. The fraction of sp³-hybridized carbons (Fsp3) is 0.933. The molecule has 19 heavy (non-hydrogen) atoms. The van der Waals surface area contributed by atoms with E-state index >= 15 is 0 Å². The second kappa shape index (κ2) is 7.49. The Kier molecular flexibility index (Phi) is 6.61. The van der Waals surface area contributed by atoms with Crippen molar-refractivity contribution in [2.24, 2.45) is 17.3 Å². The average Bonchev–Trinajstić information content (AvgIpc) is 2.73. The van der Waals surface area contributed by atoms with Gasteiger partial charge in [0.15, 0.2) is 0 Å². The number of hydrogen-bond acceptors (Lipinski definition) is 2. The summed E-state index contributed by atoms with van der Waals surface area (Å²) in [5, 5.41) is 6.55. The van der Waals surface area contributed by atoms with Gasteiger partial charge in [-0.15, -0.1) is 12.4 Å².